The van der Waals surface area contributed by atoms with Crippen LogP contribution in [-0.2, 0) is 4.79 Å². The van der Waals surface area contributed by atoms with Gasteiger partial charge in [-0.3, -0.25) is 14.5 Å². The Hall–Kier alpha value is -2.74. The first-order valence-corrected chi connectivity index (χ1v) is 12.4. The van der Waals surface area contributed by atoms with Crippen LogP contribution in [0.15, 0.2) is 60.3 Å². The van der Waals surface area contributed by atoms with Crippen molar-refractivity contribution in [1.29, 1.82) is 0 Å². The summed E-state index contributed by atoms with van der Waals surface area (Å²) in [5.41, 5.74) is 8.20. The van der Waals surface area contributed by atoms with Crippen molar-refractivity contribution in [1.82, 2.24) is 15.1 Å². The number of hydrogen-bond donors (Lipinski definition) is 2. The number of likely N-dealkylation sites (tertiary alicyclic amines) is 1. The fraction of sp³-hybridized carbons (Fsp3) is 0.407. The number of benzene rings is 2. The fourth-order valence-corrected chi connectivity index (χ4v) is 4.98. The second-order valence-electron chi connectivity index (χ2n) is 9.72. The SMILES string of the molecule is CC(C)C(N)C(=O)N[C@@H](CCN1CC2=CN(C(=O)c3c(F)cccc3Cl)CC2C1)c1ccccc1. The van der Waals surface area contributed by atoms with Gasteiger partial charge in [0.2, 0.25) is 5.91 Å². The minimum Gasteiger partial charge on any atom is -0.348 e. The highest BCUT2D eigenvalue weighted by atomic mass is 35.5. The average molecular weight is 499 g/mol. The third-order valence-electron chi connectivity index (χ3n) is 6.86. The Morgan fingerprint density at radius 3 is 2.54 bits per heavy atom. The summed E-state index contributed by atoms with van der Waals surface area (Å²) in [4.78, 5) is 29.4. The predicted molar refractivity (Wildman–Crippen MR) is 135 cm³/mol. The van der Waals surface area contributed by atoms with Crippen molar-refractivity contribution < 1.29 is 14.0 Å². The number of hydrogen-bond acceptors (Lipinski definition) is 4. The standard InChI is InChI=1S/C27H32ClFN4O2/c1-17(2)25(30)26(34)31-23(18-7-4-3-5-8-18)11-12-32-13-19-15-33(16-20(19)14-32)27(35)24-21(28)9-6-10-22(24)29/h3-10,15,17,20,23,25H,11-14,16,30H2,1-2H3,(H,31,34)/t20?,23-,25?/m0/s1. The van der Waals surface area contributed by atoms with Crippen molar-refractivity contribution in [2.75, 3.05) is 26.2 Å². The van der Waals surface area contributed by atoms with E-state index < -0.39 is 17.8 Å². The number of carbonyl (C=O) groups excluding carboxylic acids is 2. The Kier molecular flexibility index (Phi) is 7.89. The maximum atomic E-state index is 14.2. The van der Waals surface area contributed by atoms with Gasteiger partial charge >= 0.3 is 0 Å². The Labute approximate surface area is 210 Å². The number of fused-ring (bicyclic) bond motifs is 1. The van der Waals surface area contributed by atoms with Gasteiger partial charge in [0, 0.05) is 38.3 Å². The van der Waals surface area contributed by atoms with Gasteiger partial charge in [0.05, 0.1) is 22.7 Å². The molecule has 186 valence electrons. The van der Waals surface area contributed by atoms with E-state index in [-0.39, 0.29) is 34.4 Å². The molecule has 0 saturated carbocycles. The number of halogens is 2. The van der Waals surface area contributed by atoms with E-state index >= 15 is 0 Å². The third kappa shape index (κ3) is 5.74. The van der Waals surface area contributed by atoms with Crippen molar-refractivity contribution in [2.24, 2.45) is 17.6 Å². The minimum absolute atomic E-state index is 0.0567. The van der Waals surface area contributed by atoms with E-state index in [4.69, 9.17) is 17.3 Å². The summed E-state index contributed by atoms with van der Waals surface area (Å²) in [6.07, 6.45) is 2.59. The molecular weight excluding hydrogens is 467 g/mol. The second kappa shape index (κ2) is 10.9. The molecule has 0 bridgehead atoms. The first kappa shape index (κ1) is 25.4. The molecule has 1 saturated heterocycles. The summed E-state index contributed by atoms with van der Waals surface area (Å²) in [5.74, 6) is -0.888. The largest absolute Gasteiger partial charge is 0.348 e. The molecule has 0 spiro atoms. The van der Waals surface area contributed by atoms with E-state index in [1.165, 1.54) is 18.2 Å². The van der Waals surface area contributed by atoms with Crippen molar-refractivity contribution in [3.8, 4) is 0 Å². The van der Waals surface area contributed by atoms with Gasteiger partial charge in [0.15, 0.2) is 0 Å². The van der Waals surface area contributed by atoms with E-state index in [2.05, 4.69) is 10.2 Å². The van der Waals surface area contributed by atoms with Gasteiger partial charge in [-0.05, 0) is 35.6 Å². The predicted octanol–water partition coefficient (Wildman–Crippen LogP) is 3.98. The monoisotopic (exact) mass is 498 g/mol. The van der Waals surface area contributed by atoms with Crippen LogP contribution in [0, 0.1) is 17.7 Å². The number of nitrogens with zero attached hydrogens (tertiary/aromatic N) is 2. The summed E-state index contributed by atoms with van der Waals surface area (Å²) in [5, 5.41) is 3.26. The molecule has 2 amide bonds. The molecule has 2 aliphatic rings. The normalized spacial score (nSPS) is 19.4. The van der Waals surface area contributed by atoms with E-state index in [1.54, 1.807) is 4.90 Å². The first-order chi connectivity index (χ1) is 16.7. The lowest BCUT2D eigenvalue weighted by Crippen LogP contribution is -2.45. The maximum Gasteiger partial charge on any atom is 0.262 e. The Morgan fingerprint density at radius 2 is 1.89 bits per heavy atom. The molecule has 2 aromatic rings. The van der Waals surface area contributed by atoms with Gasteiger partial charge in [-0.25, -0.2) is 4.39 Å². The van der Waals surface area contributed by atoms with E-state index in [9.17, 15) is 14.0 Å². The number of amides is 2. The molecule has 2 aliphatic heterocycles. The van der Waals surface area contributed by atoms with Crippen LogP contribution in [0.2, 0.25) is 5.02 Å². The summed E-state index contributed by atoms with van der Waals surface area (Å²) >= 11 is 6.09. The van der Waals surface area contributed by atoms with Crippen molar-refractivity contribution >= 4 is 23.4 Å². The highest BCUT2D eigenvalue weighted by molar-refractivity contribution is 6.33. The average Bonchev–Trinajstić information content (AvgIpc) is 3.40. The van der Waals surface area contributed by atoms with Gasteiger partial charge in [0.25, 0.3) is 5.91 Å². The lowest BCUT2D eigenvalue weighted by Gasteiger charge is -2.25. The number of nitrogens with one attached hydrogen (secondary N) is 1. The molecule has 0 aromatic heterocycles. The molecule has 3 atom stereocenters. The molecule has 4 rings (SSSR count). The Bertz CT molecular complexity index is 1090. The number of carbonyl (C=O) groups is 2. The Morgan fingerprint density at radius 1 is 1.14 bits per heavy atom. The third-order valence-corrected chi connectivity index (χ3v) is 7.17. The van der Waals surface area contributed by atoms with Crippen LogP contribution in [0.5, 0.6) is 0 Å². The second-order valence-corrected chi connectivity index (χ2v) is 10.1. The van der Waals surface area contributed by atoms with Crippen LogP contribution in [0.1, 0.15) is 42.2 Å². The van der Waals surface area contributed by atoms with E-state index in [0.29, 0.717) is 6.54 Å². The lowest BCUT2D eigenvalue weighted by molar-refractivity contribution is -0.124. The van der Waals surface area contributed by atoms with Crippen LogP contribution < -0.4 is 11.1 Å². The molecule has 2 aromatic carbocycles. The van der Waals surface area contributed by atoms with E-state index in [0.717, 1.165) is 37.2 Å². The molecule has 1 fully saturated rings. The summed E-state index contributed by atoms with van der Waals surface area (Å²) in [7, 11) is 0. The topological polar surface area (TPSA) is 78.7 Å². The van der Waals surface area contributed by atoms with Crippen molar-refractivity contribution in [3.05, 3.63) is 82.3 Å². The smallest absolute Gasteiger partial charge is 0.262 e. The lowest BCUT2D eigenvalue weighted by atomic mass is 10.0. The van der Waals surface area contributed by atoms with E-state index in [1.807, 2.05) is 50.4 Å². The highest BCUT2D eigenvalue weighted by Crippen LogP contribution is 2.32. The van der Waals surface area contributed by atoms with Crippen molar-refractivity contribution in [3.63, 3.8) is 0 Å². The van der Waals surface area contributed by atoms with Gasteiger partial charge in [-0.15, -0.1) is 0 Å². The van der Waals surface area contributed by atoms with Crippen LogP contribution in [-0.4, -0.2) is 53.8 Å². The molecule has 0 aliphatic carbocycles. The molecule has 2 heterocycles. The van der Waals surface area contributed by atoms with Crippen LogP contribution in [0.25, 0.3) is 0 Å². The molecule has 6 nitrogen and oxygen atoms in total. The zero-order chi connectivity index (χ0) is 25.1. The minimum atomic E-state index is -0.606. The molecule has 3 N–H and O–H groups in total. The zero-order valence-corrected chi connectivity index (χ0v) is 20.8. The first-order valence-electron chi connectivity index (χ1n) is 12.0. The molecule has 0 radical (unpaired) electrons. The van der Waals surface area contributed by atoms with Gasteiger partial charge in [0.1, 0.15) is 5.82 Å². The molecule has 2 unspecified atom stereocenters. The number of nitrogens with two attached hydrogens (primary N) is 1. The highest BCUT2D eigenvalue weighted by Gasteiger charge is 2.36. The van der Waals surface area contributed by atoms with Crippen molar-refractivity contribution in [2.45, 2.75) is 32.4 Å². The maximum absolute atomic E-state index is 14.2. The van der Waals surface area contributed by atoms with Crippen LogP contribution in [0.4, 0.5) is 4.39 Å². The molecule has 35 heavy (non-hydrogen) atoms. The Balaban J connectivity index is 1.38. The summed E-state index contributed by atoms with van der Waals surface area (Å²) in [6.45, 7) is 6.72. The number of rotatable bonds is 8. The quantitative estimate of drug-likeness (QED) is 0.577. The van der Waals surface area contributed by atoms with Gasteiger partial charge in [-0.2, -0.15) is 0 Å². The molecule has 8 heteroatoms. The summed E-state index contributed by atoms with van der Waals surface area (Å²) in [6, 6.07) is 13.5. The van der Waals surface area contributed by atoms with Gasteiger partial charge < -0.3 is 16.0 Å². The zero-order valence-electron chi connectivity index (χ0n) is 20.1. The molecular formula is C27H32ClFN4O2. The van der Waals surface area contributed by atoms with Crippen LogP contribution in [0.3, 0.4) is 0 Å². The summed E-state index contributed by atoms with van der Waals surface area (Å²) < 4.78 is 14.2. The fourth-order valence-electron chi connectivity index (χ4n) is 4.74. The van der Waals surface area contributed by atoms with Gasteiger partial charge in [-0.1, -0.05) is 61.8 Å². The van der Waals surface area contributed by atoms with Crippen LogP contribution >= 0.6 is 11.6 Å².